The van der Waals surface area contributed by atoms with E-state index in [0.717, 1.165) is 13.0 Å². The maximum Gasteiger partial charge on any atom is 0.324 e. The van der Waals surface area contributed by atoms with E-state index in [9.17, 15) is 18.8 Å². The van der Waals surface area contributed by atoms with Crippen LogP contribution in [0.1, 0.15) is 24.2 Å². The molecule has 0 saturated heterocycles. The molecule has 1 rings (SSSR count). The largest absolute Gasteiger partial charge is 0.465 e. The highest BCUT2D eigenvalue weighted by Gasteiger charge is 2.34. The zero-order chi connectivity index (χ0) is 13.7. The lowest BCUT2D eigenvalue weighted by Crippen LogP contribution is -2.32. The van der Waals surface area contributed by atoms with E-state index in [1.54, 1.807) is 6.92 Å². The molecule has 0 bridgehead atoms. The number of hydrogen-bond donors (Lipinski definition) is 0. The van der Waals surface area contributed by atoms with E-state index >= 15 is 0 Å². The van der Waals surface area contributed by atoms with Gasteiger partial charge in [-0.3, -0.25) is 14.4 Å². The molecule has 1 aromatic rings. The molecule has 1 aromatic carbocycles. The topological polar surface area (TPSA) is 60.4 Å². The summed E-state index contributed by atoms with van der Waals surface area (Å²) in [6.45, 7) is 2.70. The average molecular weight is 252 g/mol. The first-order valence-corrected chi connectivity index (χ1v) is 5.44. The molecule has 0 fully saturated rings. The van der Waals surface area contributed by atoms with Crippen LogP contribution in [0.15, 0.2) is 24.3 Å². The maximum atomic E-state index is 13.4. The van der Waals surface area contributed by atoms with E-state index in [0.29, 0.717) is 0 Å². The number of halogens is 1. The molecule has 4 nitrogen and oxygen atoms in total. The van der Waals surface area contributed by atoms with Gasteiger partial charge < -0.3 is 4.74 Å². The van der Waals surface area contributed by atoms with E-state index in [2.05, 4.69) is 4.74 Å². The lowest BCUT2D eigenvalue weighted by Gasteiger charge is -2.11. The molecular weight excluding hydrogens is 239 g/mol. The minimum atomic E-state index is -1.60. The third kappa shape index (κ3) is 3.00. The van der Waals surface area contributed by atoms with Gasteiger partial charge in [-0.2, -0.15) is 0 Å². The zero-order valence-electron chi connectivity index (χ0n) is 10.1. The molecular formula is C13H13FO4. The van der Waals surface area contributed by atoms with Gasteiger partial charge in [0.25, 0.3) is 0 Å². The van der Waals surface area contributed by atoms with Crippen molar-refractivity contribution in [1.82, 2.24) is 0 Å². The predicted molar refractivity (Wildman–Crippen MR) is 61.5 cm³/mol. The third-order valence-electron chi connectivity index (χ3n) is 2.33. The first-order valence-electron chi connectivity index (χ1n) is 5.44. The fourth-order valence-electron chi connectivity index (χ4n) is 1.50. The van der Waals surface area contributed by atoms with Crippen LogP contribution in [-0.2, 0) is 14.3 Å². The molecule has 0 saturated carbocycles. The molecule has 0 spiro atoms. The zero-order valence-corrected chi connectivity index (χ0v) is 10.1. The van der Waals surface area contributed by atoms with Crippen LogP contribution >= 0.6 is 0 Å². The van der Waals surface area contributed by atoms with E-state index in [4.69, 9.17) is 0 Å². The summed E-state index contributed by atoms with van der Waals surface area (Å²) in [5.41, 5.74) is -0.286. The van der Waals surface area contributed by atoms with E-state index in [-0.39, 0.29) is 12.2 Å². The minimum absolute atomic E-state index is 0.0488. The van der Waals surface area contributed by atoms with Crippen molar-refractivity contribution in [1.29, 1.82) is 0 Å². The predicted octanol–water partition coefficient (Wildman–Crippen LogP) is 1.78. The minimum Gasteiger partial charge on any atom is -0.465 e. The molecule has 5 heteroatoms. The van der Waals surface area contributed by atoms with Gasteiger partial charge in [-0.15, -0.1) is 0 Å². The summed E-state index contributed by atoms with van der Waals surface area (Å²) in [7, 11) is 0. The number of carbonyl (C=O) groups excluding carboxylic acids is 3. The van der Waals surface area contributed by atoms with Gasteiger partial charge >= 0.3 is 5.97 Å². The summed E-state index contributed by atoms with van der Waals surface area (Å²) >= 11 is 0. The molecule has 0 unspecified atom stereocenters. The standard InChI is InChI=1S/C13H13FO4/c1-3-18-13(17)11(8(2)15)12(16)9-6-4-5-7-10(9)14/h4-7,11H,3H2,1-2H3/t11-/m1/s1. The van der Waals surface area contributed by atoms with Gasteiger partial charge in [-0.05, 0) is 26.0 Å². The number of ketones is 2. The number of hydrogen-bond acceptors (Lipinski definition) is 4. The van der Waals surface area contributed by atoms with Gasteiger partial charge in [-0.25, -0.2) is 4.39 Å². The van der Waals surface area contributed by atoms with Gasteiger partial charge in [0, 0.05) is 0 Å². The van der Waals surface area contributed by atoms with Crippen molar-refractivity contribution in [2.75, 3.05) is 6.61 Å². The van der Waals surface area contributed by atoms with Gasteiger partial charge in [0.1, 0.15) is 5.82 Å². The molecule has 1 atom stereocenters. The van der Waals surface area contributed by atoms with Gasteiger partial charge in [0.15, 0.2) is 17.5 Å². The highest BCUT2D eigenvalue weighted by Crippen LogP contribution is 2.15. The Labute approximate surface area is 104 Å². The summed E-state index contributed by atoms with van der Waals surface area (Å²) in [6.07, 6.45) is 0. The summed E-state index contributed by atoms with van der Waals surface area (Å²) in [5, 5.41) is 0. The molecule has 0 aliphatic carbocycles. The van der Waals surface area contributed by atoms with Crippen molar-refractivity contribution in [3.05, 3.63) is 35.6 Å². The number of carbonyl (C=O) groups is 3. The van der Waals surface area contributed by atoms with Crippen LogP contribution in [0.5, 0.6) is 0 Å². The van der Waals surface area contributed by atoms with Crippen LogP contribution in [0.4, 0.5) is 4.39 Å². The van der Waals surface area contributed by atoms with Gasteiger partial charge in [0.05, 0.1) is 12.2 Å². The van der Waals surface area contributed by atoms with E-state index < -0.39 is 29.3 Å². The highest BCUT2D eigenvalue weighted by molar-refractivity contribution is 6.22. The lowest BCUT2D eigenvalue weighted by molar-refractivity contribution is -0.148. The molecule has 0 radical (unpaired) electrons. The molecule has 0 N–H and O–H groups in total. The van der Waals surface area contributed by atoms with Crippen LogP contribution in [0.3, 0.4) is 0 Å². The van der Waals surface area contributed by atoms with E-state index in [1.165, 1.54) is 18.2 Å². The quantitative estimate of drug-likeness (QED) is 0.455. The monoisotopic (exact) mass is 252 g/mol. The Kier molecular flexibility index (Phi) is 4.71. The molecule has 0 aromatic heterocycles. The van der Waals surface area contributed by atoms with E-state index in [1.807, 2.05) is 0 Å². The Bertz CT molecular complexity index is 482. The average Bonchev–Trinajstić information content (AvgIpc) is 2.29. The van der Waals surface area contributed by atoms with Gasteiger partial charge in [-0.1, -0.05) is 12.1 Å². The number of benzene rings is 1. The molecule has 0 aliphatic rings. The Morgan fingerprint density at radius 1 is 1.28 bits per heavy atom. The molecule has 0 aliphatic heterocycles. The second-order valence-corrected chi connectivity index (χ2v) is 3.64. The normalized spacial score (nSPS) is 11.7. The second-order valence-electron chi connectivity index (χ2n) is 3.64. The first-order chi connectivity index (χ1) is 8.49. The van der Waals surface area contributed by atoms with Crippen molar-refractivity contribution in [3.63, 3.8) is 0 Å². The van der Waals surface area contributed by atoms with Crippen LogP contribution in [0.2, 0.25) is 0 Å². The van der Waals surface area contributed by atoms with Gasteiger partial charge in [0.2, 0.25) is 0 Å². The summed E-state index contributed by atoms with van der Waals surface area (Å²) in [6, 6.07) is 5.19. The third-order valence-corrected chi connectivity index (χ3v) is 2.33. The summed E-state index contributed by atoms with van der Waals surface area (Å²) in [4.78, 5) is 34.8. The van der Waals surface area contributed by atoms with Crippen molar-refractivity contribution < 1.29 is 23.5 Å². The van der Waals surface area contributed by atoms with Crippen LogP contribution < -0.4 is 0 Å². The SMILES string of the molecule is CCOC(=O)[C@H](C(C)=O)C(=O)c1ccccc1F. The lowest BCUT2D eigenvalue weighted by atomic mass is 9.94. The molecule has 0 heterocycles. The Balaban J connectivity index is 3.08. The molecule has 18 heavy (non-hydrogen) atoms. The number of ether oxygens (including phenoxy) is 1. The van der Waals surface area contributed by atoms with Crippen LogP contribution in [0.25, 0.3) is 0 Å². The Hall–Kier alpha value is -2.04. The molecule has 0 amide bonds. The number of esters is 1. The van der Waals surface area contributed by atoms with Crippen molar-refractivity contribution in [2.45, 2.75) is 13.8 Å². The maximum absolute atomic E-state index is 13.4. The fraction of sp³-hybridized carbons (Fsp3) is 0.308. The summed E-state index contributed by atoms with van der Waals surface area (Å²) < 4.78 is 18.1. The first kappa shape index (κ1) is 14.0. The Morgan fingerprint density at radius 2 is 1.89 bits per heavy atom. The second kappa shape index (κ2) is 6.05. The fourth-order valence-corrected chi connectivity index (χ4v) is 1.50. The van der Waals surface area contributed by atoms with Crippen LogP contribution in [-0.4, -0.2) is 24.1 Å². The Morgan fingerprint density at radius 3 is 2.39 bits per heavy atom. The smallest absolute Gasteiger partial charge is 0.324 e. The number of rotatable bonds is 5. The molecule has 96 valence electrons. The summed E-state index contributed by atoms with van der Waals surface area (Å²) in [5.74, 6) is -4.85. The van der Waals surface area contributed by atoms with Crippen molar-refractivity contribution in [3.8, 4) is 0 Å². The highest BCUT2D eigenvalue weighted by atomic mass is 19.1. The van der Waals surface area contributed by atoms with Crippen LogP contribution in [0, 0.1) is 11.7 Å². The number of Topliss-reactive ketones (excluding diaryl/α,β-unsaturated/α-hetero) is 2. The van der Waals surface area contributed by atoms with Crippen molar-refractivity contribution >= 4 is 17.5 Å². The van der Waals surface area contributed by atoms with Crippen molar-refractivity contribution in [2.24, 2.45) is 5.92 Å².